The van der Waals surface area contributed by atoms with E-state index in [1.54, 1.807) is 12.3 Å². The molecule has 0 aliphatic heterocycles. The van der Waals surface area contributed by atoms with Crippen LogP contribution in [0.15, 0.2) is 34.9 Å². The van der Waals surface area contributed by atoms with E-state index in [2.05, 4.69) is 14.9 Å². The van der Waals surface area contributed by atoms with E-state index in [9.17, 15) is 4.39 Å². The first kappa shape index (κ1) is 11.3. The van der Waals surface area contributed by atoms with Crippen molar-refractivity contribution >= 4 is 22.5 Å². The van der Waals surface area contributed by atoms with Gasteiger partial charge in [0.15, 0.2) is 11.4 Å². The van der Waals surface area contributed by atoms with E-state index in [-0.39, 0.29) is 17.4 Å². The lowest BCUT2D eigenvalue weighted by atomic mass is 10.2. The van der Waals surface area contributed by atoms with Crippen LogP contribution >= 0.6 is 11.5 Å². The number of aromatic nitrogens is 2. The second kappa shape index (κ2) is 4.47. The number of hydrogen-bond donors (Lipinski definition) is 1. The standard InChI is InChI=1S/C12H10FN3OS/c1-14-11(10-6-15-16-18-10)9-5-7-3-2-4-8(13)12(7)17-9/h2-6,11,14H,1H3. The molecule has 0 fully saturated rings. The Morgan fingerprint density at radius 3 is 3.00 bits per heavy atom. The molecule has 6 heteroatoms. The Morgan fingerprint density at radius 2 is 2.33 bits per heavy atom. The van der Waals surface area contributed by atoms with Crippen LogP contribution in [0.25, 0.3) is 11.0 Å². The molecule has 2 aromatic heterocycles. The average molecular weight is 263 g/mol. The number of benzene rings is 1. The minimum atomic E-state index is -0.351. The number of halogens is 1. The summed E-state index contributed by atoms with van der Waals surface area (Å²) in [5.41, 5.74) is 0.283. The van der Waals surface area contributed by atoms with E-state index in [4.69, 9.17) is 4.42 Å². The Morgan fingerprint density at radius 1 is 1.44 bits per heavy atom. The summed E-state index contributed by atoms with van der Waals surface area (Å²) >= 11 is 1.29. The van der Waals surface area contributed by atoms with Crippen LogP contribution in [0.1, 0.15) is 16.7 Å². The normalized spacial score (nSPS) is 13.0. The Bertz CT molecular complexity index is 665. The quantitative estimate of drug-likeness (QED) is 0.789. The number of nitrogens with one attached hydrogen (secondary N) is 1. The maximum Gasteiger partial charge on any atom is 0.169 e. The fourth-order valence-corrected chi connectivity index (χ4v) is 2.54. The molecule has 0 bridgehead atoms. The van der Waals surface area contributed by atoms with E-state index in [1.807, 2.05) is 19.2 Å². The van der Waals surface area contributed by atoms with Crippen molar-refractivity contribution in [1.29, 1.82) is 0 Å². The Balaban J connectivity index is 2.11. The second-order valence-electron chi connectivity index (χ2n) is 3.85. The Labute approximate surface area is 107 Å². The van der Waals surface area contributed by atoms with Gasteiger partial charge in [-0.2, -0.15) is 0 Å². The maximum atomic E-state index is 13.6. The van der Waals surface area contributed by atoms with Crippen molar-refractivity contribution in [3.8, 4) is 0 Å². The number of rotatable bonds is 3. The van der Waals surface area contributed by atoms with Crippen LogP contribution < -0.4 is 5.32 Å². The number of para-hydroxylation sites is 1. The summed E-state index contributed by atoms with van der Waals surface area (Å²) in [6, 6.07) is 6.55. The summed E-state index contributed by atoms with van der Waals surface area (Å²) in [6.45, 7) is 0. The van der Waals surface area contributed by atoms with Gasteiger partial charge in [-0.05, 0) is 30.7 Å². The highest BCUT2D eigenvalue weighted by atomic mass is 32.1. The van der Waals surface area contributed by atoms with E-state index >= 15 is 0 Å². The maximum absolute atomic E-state index is 13.6. The molecule has 0 aliphatic carbocycles. The predicted octanol–water partition coefficient (Wildman–Crippen LogP) is 2.73. The molecule has 0 spiro atoms. The van der Waals surface area contributed by atoms with Crippen LogP contribution in [0.4, 0.5) is 4.39 Å². The van der Waals surface area contributed by atoms with Gasteiger partial charge in [-0.15, -0.1) is 5.10 Å². The Kier molecular flexibility index (Phi) is 2.81. The Hall–Kier alpha value is -1.79. The highest BCUT2D eigenvalue weighted by Gasteiger charge is 2.19. The lowest BCUT2D eigenvalue weighted by Gasteiger charge is -2.09. The van der Waals surface area contributed by atoms with Gasteiger partial charge in [-0.25, -0.2) is 4.39 Å². The minimum Gasteiger partial charge on any atom is -0.456 e. The van der Waals surface area contributed by atoms with Gasteiger partial charge in [0.1, 0.15) is 11.8 Å². The molecule has 0 saturated carbocycles. The molecule has 1 N–H and O–H groups in total. The molecule has 4 nitrogen and oxygen atoms in total. The van der Waals surface area contributed by atoms with E-state index in [1.165, 1.54) is 17.6 Å². The van der Waals surface area contributed by atoms with Gasteiger partial charge in [-0.3, -0.25) is 0 Å². The van der Waals surface area contributed by atoms with E-state index in [0.717, 1.165) is 10.3 Å². The molecule has 0 amide bonds. The van der Waals surface area contributed by atoms with Gasteiger partial charge in [0.2, 0.25) is 0 Å². The summed E-state index contributed by atoms with van der Waals surface area (Å²) in [6.07, 6.45) is 1.68. The lowest BCUT2D eigenvalue weighted by Crippen LogP contribution is -2.15. The molecule has 3 aromatic rings. The molecule has 18 heavy (non-hydrogen) atoms. The first-order valence-corrected chi connectivity index (χ1v) is 6.19. The second-order valence-corrected chi connectivity index (χ2v) is 4.67. The highest BCUT2D eigenvalue weighted by Crippen LogP contribution is 2.30. The molecule has 1 atom stereocenters. The minimum absolute atomic E-state index is 0.156. The van der Waals surface area contributed by atoms with E-state index < -0.39 is 0 Å². The zero-order valence-corrected chi connectivity index (χ0v) is 10.4. The van der Waals surface area contributed by atoms with Crippen molar-refractivity contribution in [2.75, 3.05) is 7.05 Å². The van der Waals surface area contributed by atoms with Crippen molar-refractivity contribution in [3.63, 3.8) is 0 Å². The lowest BCUT2D eigenvalue weighted by molar-refractivity contribution is 0.479. The number of fused-ring (bicyclic) bond motifs is 1. The summed E-state index contributed by atoms with van der Waals surface area (Å²) in [5.74, 6) is 0.305. The zero-order valence-electron chi connectivity index (χ0n) is 9.55. The van der Waals surface area contributed by atoms with Crippen LogP contribution in [-0.2, 0) is 0 Å². The van der Waals surface area contributed by atoms with Crippen LogP contribution in [0, 0.1) is 5.82 Å². The molecule has 2 heterocycles. The SMILES string of the molecule is CNC(c1cc2cccc(F)c2o1)c1cnns1. The first-order valence-electron chi connectivity index (χ1n) is 5.42. The monoisotopic (exact) mass is 263 g/mol. The van der Waals surface area contributed by atoms with Gasteiger partial charge in [0, 0.05) is 5.39 Å². The topological polar surface area (TPSA) is 51.0 Å². The van der Waals surface area contributed by atoms with Gasteiger partial charge >= 0.3 is 0 Å². The van der Waals surface area contributed by atoms with Crippen molar-refractivity contribution in [2.24, 2.45) is 0 Å². The van der Waals surface area contributed by atoms with Crippen LogP contribution in [0.5, 0.6) is 0 Å². The molecular formula is C12H10FN3OS. The molecule has 1 aromatic carbocycles. The van der Waals surface area contributed by atoms with Crippen molar-refractivity contribution in [2.45, 2.75) is 6.04 Å². The fraction of sp³-hybridized carbons (Fsp3) is 0.167. The van der Waals surface area contributed by atoms with Crippen LogP contribution in [0.2, 0.25) is 0 Å². The molecule has 0 aliphatic rings. The number of nitrogens with zero attached hydrogens (tertiary/aromatic N) is 2. The summed E-state index contributed by atoms with van der Waals surface area (Å²) in [4.78, 5) is 0.928. The van der Waals surface area contributed by atoms with Gasteiger partial charge in [-0.1, -0.05) is 16.6 Å². The molecule has 3 rings (SSSR count). The van der Waals surface area contributed by atoms with Gasteiger partial charge in [0.05, 0.1) is 11.1 Å². The van der Waals surface area contributed by atoms with Crippen molar-refractivity contribution < 1.29 is 8.81 Å². The number of furan rings is 1. The highest BCUT2D eigenvalue weighted by molar-refractivity contribution is 7.05. The molecular weight excluding hydrogens is 253 g/mol. The third-order valence-corrected chi connectivity index (χ3v) is 3.48. The van der Waals surface area contributed by atoms with Crippen molar-refractivity contribution in [1.82, 2.24) is 14.9 Å². The molecule has 0 radical (unpaired) electrons. The smallest absolute Gasteiger partial charge is 0.169 e. The molecule has 1 unspecified atom stereocenters. The van der Waals surface area contributed by atoms with Crippen molar-refractivity contribution in [3.05, 3.63) is 46.9 Å². The number of hydrogen-bond acceptors (Lipinski definition) is 5. The summed E-state index contributed by atoms with van der Waals surface area (Å²) in [5, 5.41) is 7.67. The summed E-state index contributed by atoms with van der Waals surface area (Å²) in [7, 11) is 1.81. The summed E-state index contributed by atoms with van der Waals surface area (Å²) < 4.78 is 23.0. The average Bonchev–Trinajstić information content (AvgIpc) is 3.00. The van der Waals surface area contributed by atoms with Gasteiger partial charge < -0.3 is 9.73 Å². The fourth-order valence-electron chi connectivity index (χ4n) is 1.92. The third-order valence-electron chi connectivity index (χ3n) is 2.75. The molecule has 0 saturated heterocycles. The largest absolute Gasteiger partial charge is 0.456 e. The first-order chi connectivity index (χ1) is 8.79. The van der Waals surface area contributed by atoms with Crippen LogP contribution in [-0.4, -0.2) is 16.6 Å². The van der Waals surface area contributed by atoms with Crippen LogP contribution in [0.3, 0.4) is 0 Å². The molecule has 92 valence electrons. The third kappa shape index (κ3) is 1.79. The van der Waals surface area contributed by atoms with E-state index in [0.29, 0.717) is 5.76 Å². The zero-order chi connectivity index (χ0) is 12.5. The predicted molar refractivity (Wildman–Crippen MR) is 67.0 cm³/mol. The van der Waals surface area contributed by atoms with Gasteiger partial charge in [0.25, 0.3) is 0 Å².